The van der Waals surface area contributed by atoms with Crippen LogP contribution in [0.3, 0.4) is 0 Å². The second kappa shape index (κ2) is 3.67. The molecule has 1 aliphatic heterocycles. The topological polar surface area (TPSA) is 64.7 Å². The molecule has 78 valence electrons. The van der Waals surface area contributed by atoms with Crippen molar-refractivity contribution in [3.8, 4) is 0 Å². The van der Waals surface area contributed by atoms with Crippen molar-refractivity contribution in [1.82, 2.24) is 0 Å². The van der Waals surface area contributed by atoms with E-state index in [1.54, 1.807) is 6.92 Å². The van der Waals surface area contributed by atoms with Crippen molar-refractivity contribution in [1.29, 1.82) is 0 Å². The average molecular weight is 242 g/mol. The molecule has 0 atom stereocenters. The summed E-state index contributed by atoms with van der Waals surface area (Å²) < 4.78 is 9.20. The van der Waals surface area contributed by atoms with E-state index >= 15 is 0 Å². The lowest BCUT2D eigenvalue weighted by molar-refractivity contribution is -0.385. The van der Waals surface area contributed by atoms with Crippen molar-refractivity contribution < 1.29 is 9.66 Å². The molecule has 0 unspecified atom stereocenters. The maximum Gasteiger partial charge on any atom is 0.283 e. The van der Waals surface area contributed by atoms with Gasteiger partial charge in [-0.15, -0.1) is 11.3 Å². The maximum atomic E-state index is 10.6. The fraction of sp³-hybridized carbons (Fsp3) is 0.125. The summed E-state index contributed by atoms with van der Waals surface area (Å²) in [7, 11) is 0. The van der Waals surface area contributed by atoms with Crippen LogP contribution in [0.5, 0.6) is 0 Å². The van der Waals surface area contributed by atoms with Crippen molar-refractivity contribution >= 4 is 34.9 Å². The van der Waals surface area contributed by atoms with Crippen LogP contribution in [-0.4, -0.2) is 10.8 Å². The molecule has 15 heavy (non-hydrogen) atoms. The van der Waals surface area contributed by atoms with Gasteiger partial charge in [-0.25, -0.2) is 0 Å². The van der Waals surface area contributed by atoms with Crippen molar-refractivity contribution in [3.05, 3.63) is 37.6 Å². The summed E-state index contributed by atoms with van der Waals surface area (Å²) in [5.41, 5.74) is 0.101. The largest absolute Gasteiger partial charge is 0.429 e. The summed E-state index contributed by atoms with van der Waals surface area (Å²) >= 11 is 2.42. The van der Waals surface area contributed by atoms with Crippen LogP contribution in [0.1, 0.15) is 9.75 Å². The predicted octanol–water partition coefficient (Wildman–Crippen LogP) is 2.86. The fourth-order valence-corrected chi connectivity index (χ4v) is 2.50. The van der Waals surface area contributed by atoms with Crippen LogP contribution in [0.4, 0.5) is 5.69 Å². The Labute approximate surface area is 93.8 Å². The Hall–Kier alpha value is -1.34. The van der Waals surface area contributed by atoms with E-state index in [2.05, 4.69) is 11.0 Å². The average Bonchev–Trinajstić information content (AvgIpc) is 2.71. The molecule has 0 N–H and O–H groups in total. The van der Waals surface area contributed by atoms with Gasteiger partial charge in [0.15, 0.2) is 5.09 Å². The molecule has 0 aliphatic carbocycles. The molecule has 0 saturated heterocycles. The van der Waals surface area contributed by atoms with Crippen LogP contribution in [0.25, 0.3) is 0 Å². The Kier molecular flexibility index (Phi) is 2.49. The molecule has 1 aromatic rings. The van der Waals surface area contributed by atoms with E-state index in [1.807, 2.05) is 0 Å². The Morgan fingerprint density at radius 3 is 2.87 bits per heavy atom. The van der Waals surface area contributed by atoms with Gasteiger partial charge in [-0.1, -0.05) is 0 Å². The summed E-state index contributed by atoms with van der Waals surface area (Å²) in [5.74, 6) is 0.395. The molecular formula is C8H6N2O3S2. The lowest BCUT2D eigenvalue weighted by atomic mass is 10.4. The predicted molar refractivity (Wildman–Crippen MR) is 60.1 cm³/mol. The molecule has 0 saturated carbocycles. The van der Waals surface area contributed by atoms with E-state index < -0.39 is 4.92 Å². The third kappa shape index (κ3) is 1.88. The minimum Gasteiger partial charge on any atom is -0.429 e. The second-order valence-corrected chi connectivity index (χ2v) is 4.85. The third-order valence-corrected chi connectivity index (χ3v) is 3.31. The van der Waals surface area contributed by atoms with Gasteiger partial charge in [-0.2, -0.15) is 4.40 Å². The van der Waals surface area contributed by atoms with E-state index in [9.17, 15) is 10.1 Å². The standard InChI is InChI=1S/C8H6N2O3S2/c1-4-6(10(11)12)3-7(14-4)8-9-15-5(2)13-8/h3H,2H2,1H3. The lowest BCUT2D eigenvalue weighted by Crippen LogP contribution is -1.96. The molecule has 5 nitrogen and oxygen atoms in total. The summed E-state index contributed by atoms with van der Waals surface area (Å²) in [6.07, 6.45) is 0. The molecule has 0 aromatic carbocycles. The molecule has 1 aromatic heterocycles. The second-order valence-electron chi connectivity index (χ2n) is 2.77. The van der Waals surface area contributed by atoms with Crippen LogP contribution in [0.15, 0.2) is 22.1 Å². The summed E-state index contributed by atoms with van der Waals surface area (Å²) in [6.45, 7) is 5.29. The Morgan fingerprint density at radius 2 is 2.40 bits per heavy atom. The van der Waals surface area contributed by atoms with Gasteiger partial charge >= 0.3 is 0 Å². The molecule has 2 heterocycles. The molecule has 0 spiro atoms. The van der Waals surface area contributed by atoms with Gasteiger partial charge < -0.3 is 4.74 Å². The number of thiophene rings is 1. The monoisotopic (exact) mass is 242 g/mol. The molecule has 1 aliphatic rings. The van der Waals surface area contributed by atoms with Crippen molar-refractivity contribution in [2.45, 2.75) is 6.92 Å². The highest BCUT2D eigenvalue weighted by molar-refractivity contribution is 8.02. The minimum atomic E-state index is -0.410. The number of aryl methyl sites for hydroxylation is 1. The zero-order valence-corrected chi connectivity index (χ0v) is 9.35. The summed E-state index contributed by atoms with van der Waals surface area (Å²) in [6, 6.07) is 1.47. The lowest BCUT2D eigenvalue weighted by Gasteiger charge is -1.94. The van der Waals surface area contributed by atoms with Crippen LogP contribution < -0.4 is 0 Å². The van der Waals surface area contributed by atoms with Gasteiger partial charge in [0.05, 0.1) is 26.6 Å². The van der Waals surface area contributed by atoms with E-state index in [0.717, 1.165) is 11.9 Å². The number of nitrogens with zero attached hydrogens (tertiary/aromatic N) is 2. The summed E-state index contributed by atoms with van der Waals surface area (Å²) in [5, 5.41) is 11.1. The van der Waals surface area contributed by atoms with Gasteiger partial charge in [-0.3, -0.25) is 10.1 Å². The highest BCUT2D eigenvalue weighted by Crippen LogP contribution is 2.33. The number of rotatable bonds is 2. The van der Waals surface area contributed by atoms with Crippen LogP contribution >= 0.6 is 23.3 Å². The molecule has 2 rings (SSSR count). The highest BCUT2D eigenvalue weighted by atomic mass is 32.2. The number of hydrogen-bond acceptors (Lipinski definition) is 6. The Bertz CT molecular complexity index is 478. The first-order valence-electron chi connectivity index (χ1n) is 3.95. The smallest absolute Gasteiger partial charge is 0.283 e. The van der Waals surface area contributed by atoms with Crippen molar-refractivity contribution in [2.75, 3.05) is 0 Å². The Balaban J connectivity index is 2.35. The third-order valence-electron chi connectivity index (χ3n) is 1.74. The first-order chi connectivity index (χ1) is 7.08. The van der Waals surface area contributed by atoms with E-state index in [4.69, 9.17) is 4.74 Å². The molecule has 0 amide bonds. The van der Waals surface area contributed by atoms with E-state index in [-0.39, 0.29) is 5.69 Å². The molecule has 0 fully saturated rings. The number of ether oxygens (including phenoxy) is 1. The molecular weight excluding hydrogens is 236 g/mol. The molecule has 0 radical (unpaired) electrons. The van der Waals surface area contributed by atoms with Crippen molar-refractivity contribution in [2.24, 2.45) is 4.40 Å². The van der Waals surface area contributed by atoms with Gasteiger partial charge in [0.2, 0.25) is 5.90 Å². The van der Waals surface area contributed by atoms with Crippen molar-refractivity contribution in [3.63, 3.8) is 0 Å². The number of nitro groups is 1. The minimum absolute atomic E-state index is 0.101. The van der Waals surface area contributed by atoms with E-state index in [0.29, 0.717) is 20.7 Å². The first-order valence-corrected chi connectivity index (χ1v) is 5.54. The van der Waals surface area contributed by atoms with Crippen LogP contribution in [-0.2, 0) is 4.74 Å². The molecule has 0 bridgehead atoms. The van der Waals surface area contributed by atoms with E-state index in [1.165, 1.54) is 17.4 Å². The Morgan fingerprint density at radius 1 is 1.67 bits per heavy atom. The highest BCUT2D eigenvalue weighted by Gasteiger charge is 2.22. The van der Waals surface area contributed by atoms with Gasteiger partial charge in [0.1, 0.15) is 0 Å². The maximum absolute atomic E-state index is 10.6. The number of hydrogen-bond donors (Lipinski definition) is 0. The zero-order chi connectivity index (χ0) is 11.0. The quantitative estimate of drug-likeness (QED) is 0.454. The van der Waals surface area contributed by atoms with Gasteiger partial charge in [-0.05, 0) is 13.5 Å². The summed E-state index contributed by atoms with van der Waals surface area (Å²) in [4.78, 5) is 11.5. The van der Waals surface area contributed by atoms with Crippen LogP contribution in [0.2, 0.25) is 0 Å². The normalized spacial score (nSPS) is 15.0. The zero-order valence-electron chi connectivity index (χ0n) is 7.72. The fourth-order valence-electron chi connectivity index (χ4n) is 1.09. The first kappa shape index (κ1) is 10.2. The van der Waals surface area contributed by atoms with Gasteiger partial charge in [0.25, 0.3) is 5.69 Å². The molecule has 7 heteroatoms. The van der Waals surface area contributed by atoms with Gasteiger partial charge in [0, 0.05) is 6.07 Å². The van der Waals surface area contributed by atoms with Crippen LogP contribution in [0, 0.1) is 17.0 Å². The SMILES string of the molecule is C=C1OC(c2cc([N+](=O)[O-])c(C)s2)=NS1.